The van der Waals surface area contributed by atoms with Crippen LogP contribution in [0.1, 0.15) is 41.5 Å². The fraction of sp³-hybridized carbons (Fsp3) is 0.353. The number of piperidine rings is 1. The molecule has 0 spiro atoms. The van der Waals surface area contributed by atoms with Crippen LogP contribution in [-0.4, -0.2) is 52.2 Å². The highest BCUT2D eigenvalue weighted by molar-refractivity contribution is 6.31. The summed E-state index contributed by atoms with van der Waals surface area (Å²) < 4.78 is 8.38. The normalized spacial score (nSPS) is 17.3. The van der Waals surface area contributed by atoms with Gasteiger partial charge >= 0.3 is 0 Å². The van der Waals surface area contributed by atoms with Gasteiger partial charge in [0.1, 0.15) is 5.75 Å². The van der Waals surface area contributed by atoms with E-state index in [0.717, 1.165) is 60.9 Å². The van der Waals surface area contributed by atoms with Gasteiger partial charge in [-0.25, -0.2) is 0 Å². The van der Waals surface area contributed by atoms with E-state index in [4.69, 9.17) is 16.3 Å². The third-order valence-electron chi connectivity index (χ3n) is 7.91. The van der Waals surface area contributed by atoms with Crippen molar-refractivity contribution in [2.45, 2.75) is 45.8 Å². The van der Waals surface area contributed by atoms with Crippen molar-refractivity contribution in [3.05, 3.63) is 119 Å². The monoisotopic (exact) mass is 570 g/mol. The second-order valence-electron chi connectivity index (χ2n) is 11.5. The van der Waals surface area contributed by atoms with E-state index < -0.39 is 0 Å². The Bertz CT molecular complexity index is 1430. The predicted octanol–water partition coefficient (Wildman–Crippen LogP) is 6.60. The van der Waals surface area contributed by atoms with Crippen molar-refractivity contribution in [1.29, 1.82) is 0 Å². The van der Waals surface area contributed by atoms with E-state index >= 15 is 0 Å². The average molecular weight is 571 g/mol. The number of halogens is 1. The van der Waals surface area contributed by atoms with Crippen LogP contribution in [0.2, 0.25) is 5.02 Å². The first kappa shape index (κ1) is 28.9. The Morgan fingerprint density at radius 1 is 1.00 bits per heavy atom. The molecule has 0 saturated carbocycles. The molecule has 0 bridgehead atoms. The SMILES string of the molecule is Cc1cc(OC[C@]2(CC(=O)N(C)Cc3ccccc3)CCCN(Cc3cnn(Cc4ccccc4)c3)C2)ccc1Cl. The molecule has 4 aromatic rings. The highest BCUT2D eigenvalue weighted by Gasteiger charge is 2.39. The number of carbonyl (C=O) groups is 1. The maximum Gasteiger partial charge on any atom is 0.223 e. The van der Waals surface area contributed by atoms with Gasteiger partial charge in [-0.3, -0.25) is 14.4 Å². The maximum atomic E-state index is 13.6. The minimum atomic E-state index is -0.298. The van der Waals surface area contributed by atoms with Crippen molar-refractivity contribution in [3.8, 4) is 5.75 Å². The van der Waals surface area contributed by atoms with E-state index in [-0.39, 0.29) is 11.3 Å². The molecule has 1 amide bonds. The van der Waals surface area contributed by atoms with Gasteiger partial charge in [0.15, 0.2) is 0 Å². The zero-order valence-corrected chi connectivity index (χ0v) is 24.8. The third-order valence-corrected chi connectivity index (χ3v) is 8.33. The van der Waals surface area contributed by atoms with Crippen LogP contribution >= 0.6 is 11.6 Å². The van der Waals surface area contributed by atoms with Gasteiger partial charge in [0.05, 0.1) is 19.3 Å². The molecule has 214 valence electrons. The Kier molecular flexibility index (Phi) is 9.42. The van der Waals surface area contributed by atoms with Crippen molar-refractivity contribution in [3.63, 3.8) is 0 Å². The van der Waals surface area contributed by atoms with Gasteiger partial charge in [-0.2, -0.15) is 5.10 Å². The molecule has 2 heterocycles. The summed E-state index contributed by atoms with van der Waals surface area (Å²) in [5, 5.41) is 5.33. The van der Waals surface area contributed by atoms with Crippen LogP contribution in [0, 0.1) is 12.3 Å². The molecule has 6 nitrogen and oxygen atoms in total. The van der Waals surface area contributed by atoms with Gasteiger partial charge < -0.3 is 9.64 Å². The number of amides is 1. The summed E-state index contributed by atoms with van der Waals surface area (Å²) in [6.07, 6.45) is 6.48. The first-order chi connectivity index (χ1) is 19.9. The molecule has 3 aromatic carbocycles. The van der Waals surface area contributed by atoms with Crippen molar-refractivity contribution >= 4 is 17.5 Å². The molecular weight excluding hydrogens is 532 g/mol. The number of hydrogen-bond donors (Lipinski definition) is 0. The Labute approximate surface area is 248 Å². The van der Waals surface area contributed by atoms with Crippen molar-refractivity contribution < 1.29 is 9.53 Å². The second-order valence-corrected chi connectivity index (χ2v) is 11.9. The van der Waals surface area contributed by atoms with E-state index in [1.54, 1.807) is 0 Å². The summed E-state index contributed by atoms with van der Waals surface area (Å²) in [5.74, 6) is 0.929. The standard InChI is InChI=1S/C34H39ClN4O2/c1-27-18-31(14-15-32(27)35)41-26-34(19-33(40)37(2)21-28-10-5-3-6-11-28)16-9-17-38(25-34)22-30-20-36-39(24-30)23-29-12-7-4-8-13-29/h3-8,10-15,18,20,24H,9,16-17,19,21-23,25-26H2,1-2H3/t34-/m0/s1. The Morgan fingerprint density at radius 3 is 2.46 bits per heavy atom. The van der Waals surface area contributed by atoms with Crippen LogP contribution in [0.3, 0.4) is 0 Å². The first-order valence-corrected chi connectivity index (χ1v) is 14.7. The maximum absolute atomic E-state index is 13.6. The lowest BCUT2D eigenvalue weighted by molar-refractivity contribution is -0.135. The van der Waals surface area contributed by atoms with Crippen LogP contribution in [0.4, 0.5) is 0 Å². The van der Waals surface area contributed by atoms with Crippen LogP contribution < -0.4 is 4.74 Å². The largest absolute Gasteiger partial charge is 0.493 e. The van der Waals surface area contributed by atoms with E-state index in [0.29, 0.717) is 19.6 Å². The molecule has 1 aliphatic heterocycles. The minimum absolute atomic E-state index is 0.141. The van der Waals surface area contributed by atoms with Gasteiger partial charge in [-0.15, -0.1) is 0 Å². The first-order valence-electron chi connectivity index (χ1n) is 14.3. The summed E-state index contributed by atoms with van der Waals surface area (Å²) >= 11 is 6.25. The third kappa shape index (κ3) is 7.99. The Hall–Kier alpha value is -3.61. The molecule has 0 unspecified atom stereocenters. The molecule has 5 rings (SSSR count). The number of nitrogens with zero attached hydrogens (tertiary/aromatic N) is 4. The van der Waals surface area contributed by atoms with Gasteiger partial charge in [-0.05, 0) is 61.2 Å². The van der Waals surface area contributed by atoms with Crippen molar-refractivity contribution in [2.24, 2.45) is 5.41 Å². The van der Waals surface area contributed by atoms with Crippen LogP contribution in [0.5, 0.6) is 5.75 Å². The quantitative estimate of drug-likeness (QED) is 0.204. The van der Waals surface area contributed by atoms with Crippen LogP contribution in [-0.2, 0) is 24.4 Å². The number of aromatic nitrogens is 2. The molecule has 1 aliphatic rings. The van der Waals surface area contributed by atoms with Crippen LogP contribution in [0.25, 0.3) is 0 Å². The fourth-order valence-corrected chi connectivity index (χ4v) is 5.82. The number of rotatable bonds is 11. The topological polar surface area (TPSA) is 50.6 Å². The molecule has 0 radical (unpaired) electrons. The lowest BCUT2D eigenvalue weighted by Crippen LogP contribution is -2.48. The smallest absolute Gasteiger partial charge is 0.223 e. The van der Waals surface area contributed by atoms with E-state index in [2.05, 4.69) is 52.6 Å². The summed E-state index contributed by atoms with van der Waals surface area (Å²) in [4.78, 5) is 17.9. The number of likely N-dealkylation sites (tertiary alicyclic amines) is 1. The Morgan fingerprint density at radius 2 is 1.73 bits per heavy atom. The summed E-state index contributed by atoms with van der Waals surface area (Å²) in [6.45, 7) is 6.37. The summed E-state index contributed by atoms with van der Waals surface area (Å²) in [5.41, 5.74) is 4.22. The summed E-state index contributed by atoms with van der Waals surface area (Å²) in [6, 6.07) is 26.3. The van der Waals surface area contributed by atoms with E-state index in [1.807, 2.05) is 72.2 Å². The highest BCUT2D eigenvalue weighted by atomic mass is 35.5. The average Bonchev–Trinajstić information content (AvgIpc) is 3.41. The molecule has 1 aromatic heterocycles. The lowest BCUT2D eigenvalue weighted by Gasteiger charge is -2.43. The van der Waals surface area contributed by atoms with Crippen molar-refractivity contribution in [1.82, 2.24) is 19.6 Å². The predicted molar refractivity (Wildman–Crippen MR) is 164 cm³/mol. The number of hydrogen-bond acceptors (Lipinski definition) is 4. The number of ether oxygens (including phenoxy) is 1. The number of aryl methyl sites for hydroxylation is 1. The molecule has 1 saturated heterocycles. The molecule has 7 heteroatoms. The minimum Gasteiger partial charge on any atom is -0.493 e. The summed E-state index contributed by atoms with van der Waals surface area (Å²) in [7, 11) is 1.90. The van der Waals surface area contributed by atoms with Crippen LogP contribution in [0.15, 0.2) is 91.3 Å². The molecule has 0 N–H and O–H groups in total. The number of carbonyl (C=O) groups excluding carboxylic acids is 1. The highest BCUT2D eigenvalue weighted by Crippen LogP contribution is 2.36. The van der Waals surface area contributed by atoms with E-state index in [1.165, 1.54) is 11.1 Å². The van der Waals surface area contributed by atoms with Gasteiger partial charge in [0.2, 0.25) is 5.91 Å². The molecule has 0 aliphatic carbocycles. The van der Waals surface area contributed by atoms with Crippen molar-refractivity contribution in [2.75, 3.05) is 26.7 Å². The lowest BCUT2D eigenvalue weighted by atomic mass is 9.77. The zero-order chi connectivity index (χ0) is 28.7. The van der Waals surface area contributed by atoms with Gasteiger partial charge in [0, 0.05) is 55.3 Å². The number of benzene rings is 3. The Balaban J connectivity index is 1.28. The molecule has 1 atom stereocenters. The fourth-order valence-electron chi connectivity index (χ4n) is 5.71. The molecular formula is C34H39ClN4O2. The molecule has 1 fully saturated rings. The zero-order valence-electron chi connectivity index (χ0n) is 24.0. The van der Waals surface area contributed by atoms with Gasteiger partial charge in [0.25, 0.3) is 0 Å². The van der Waals surface area contributed by atoms with E-state index in [9.17, 15) is 4.79 Å². The molecule has 41 heavy (non-hydrogen) atoms. The van der Waals surface area contributed by atoms with Gasteiger partial charge in [-0.1, -0.05) is 72.3 Å². The second kappa shape index (κ2) is 13.4.